The number of pyridine rings is 1. The molecule has 0 amide bonds. The lowest BCUT2D eigenvalue weighted by atomic mass is 10.2. The normalized spacial score (nSPS) is 11.6. The van der Waals surface area contributed by atoms with Gasteiger partial charge in [-0.1, -0.05) is 26.3 Å². The van der Waals surface area contributed by atoms with E-state index >= 15 is 0 Å². The highest BCUT2D eigenvalue weighted by Gasteiger charge is 2.16. The molecule has 0 saturated carbocycles. The van der Waals surface area contributed by atoms with E-state index in [1.165, 1.54) is 29.0 Å². The number of nitrogens with two attached hydrogens (primary N) is 2. The number of nitrogens with zero attached hydrogens (tertiary/aromatic N) is 1. The highest BCUT2D eigenvalue weighted by Crippen LogP contribution is 2.38. The molecule has 0 aliphatic heterocycles. The van der Waals surface area contributed by atoms with E-state index in [1.807, 2.05) is 24.4 Å². The third kappa shape index (κ3) is 4.51. The zero-order valence-electron chi connectivity index (χ0n) is 16.0. The second-order valence-corrected chi connectivity index (χ2v) is 7.50. The van der Waals surface area contributed by atoms with Crippen LogP contribution in [0.25, 0.3) is 16.3 Å². The van der Waals surface area contributed by atoms with Gasteiger partial charge in [0.25, 0.3) is 0 Å². The zero-order chi connectivity index (χ0) is 20.1. The fourth-order valence-electron chi connectivity index (χ4n) is 2.68. The van der Waals surface area contributed by atoms with Gasteiger partial charge >= 0.3 is 0 Å². The molecule has 0 fully saturated rings. The summed E-state index contributed by atoms with van der Waals surface area (Å²) in [5.74, 6) is 0.162. The van der Waals surface area contributed by atoms with Crippen LogP contribution in [0.5, 0.6) is 5.75 Å². The van der Waals surface area contributed by atoms with Crippen molar-refractivity contribution in [2.24, 2.45) is 0 Å². The number of aryl methyl sites for hydroxylation is 1. The van der Waals surface area contributed by atoms with Crippen LogP contribution in [-0.4, -0.2) is 4.98 Å². The average molecular weight is 398 g/mol. The highest BCUT2D eigenvalue weighted by molar-refractivity contribution is 7.17. The first-order valence-electron chi connectivity index (χ1n) is 9.29. The van der Waals surface area contributed by atoms with Gasteiger partial charge in [0, 0.05) is 18.0 Å². The van der Waals surface area contributed by atoms with Gasteiger partial charge in [0.2, 0.25) is 0 Å². The molecule has 0 bridgehead atoms. The molecule has 3 rings (SSSR count). The van der Waals surface area contributed by atoms with Crippen molar-refractivity contribution >= 4 is 28.5 Å². The Morgan fingerprint density at radius 2 is 2.00 bits per heavy atom. The van der Waals surface area contributed by atoms with Gasteiger partial charge in [-0.3, -0.25) is 4.98 Å². The Kier molecular flexibility index (Phi) is 6.31. The molecule has 2 heterocycles. The standard InChI is InChI=1S/C22H24FN3OS/c1-3-5-6-20(27-19-10-8-15(24)11-16(19)23)22-17(25)12-21(28-22)18-9-7-14(4-2)13-26-18/h6-13H,3-5,24-25H2,1-2H3. The molecule has 6 heteroatoms. The van der Waals surface area contributed by atoms with Crippen LogP contribution in [0.15, 0.2) is 48.7 Å². The molecule has 0 spiro atoms. The molecule has 0 aliphatic rings. The molecule has 3 aromatic rings. The summed E-state index contributed by atoms with van der Waals surface area (Å²) in [6.45, 7) is 4.16. The van der Waals surface area contributed by atoms with Crippen molar-refractivity contribution in [2.75, 3.05) is 11.5 Å². The second-order valence-electron chi connectivity index (χ2n) is 6.45. The minimum atomic E-state index is -0.505. The van der Waals surface area contributed by atoms with Crippen LogP contribution in [-0.2, 0) is 6.42 Å². The van der Waals surface area contributed by atoms with Gasteiger partial charge in [-0.15, -0.1) is 11.3 Å². The smallest absolute Gasteiger partial charge is 0.167 e. The number of halogens is 1. The van der Waals surface area contributed by atoms with Gasteiger partial charge in [-0.25, -0.2) is 4.39 Å². The number of benzene rings is 1. The molecule has 146 valence electrons. The Morgan fingerprint density at radius 1 is 1.18 bits per heavy atom. The van der Waals surface area contributed by atoms with E-state index < -0.39 is 5.82 Å². The van der Waals surface area contributed by atoms with Crippen molar-refractivity contribution < 1.29 is 9.13 Å². The lowest BCUT2D eigenvalue weighted by Gasteiger charge is -2.11. The fraction of sp³-hybridized carbons (Fsp3) is 0.227. The SMILES string of the molecule is CCCC=C(Oc1ccc(N)cc1F)c1sc(-c2ccc(CC)cn2)cc1N. The number of nitrogen functional groups attached to an aromatic ring is 2. The molecule has 28 heavy (non-hydrogen) atoms. The Morgan fingerprint density at radius 3 is 2.64 bits per heavy atom. The summed E-state index contributed by atoms with van der Waals surface area (Å²) in [4.78, 5) is 6.23. The third-order valence-electron chi connectivity index (χ3n) is 4.26. The van der Waals surface area contributed by atoms with Crippen LogP contribution in [0, 0.1) is 5.82 Å². The summed E-state index contributed by atoms with van der Waals surface area (Å²) in [6.07, 6.45) is 6.49. The first-order valence-corrected chi connectivity index (χ1v) is 10.1. The second kappa shape index (κ2) is 8.89. The summed E-state index contributed by atoms with van der Waals surface area (Å²) < 4.78 is 20.1. The maximum Gasteiger partial charge on any atom is 0.167 e. The first kappa shape index (κ1) is 19.9. The predicted molar refractivity (Wildman–Crippen MR) is 116 cm³/mol. The molecular weight excluding hydrogens is 373 g/mol. The summed E-state index contributed by atoms with van der Waals surface area (Å²) in [6, 6.07) is 10.3. The van der Waals surface area contributed by atoms with Gasteiger partial charge in [0.05, 0.1) is 21.1 Å². The number of allylic oxidation sites excluding steroid dienone is 1. The highest BCUT2D eigenvalue weighted by atomic mass is 32.1. The number of ether oxygens (including phenoxy) is 1. The Labute approximate surface area is 168 Å². The van der Waals surface area contributed by atoms with Gasteiger partial charge in [0.15, 0.2) is 11.6 Å². The van der Waals surface area contributed by atoms with Crippen molar-refractivity contribution in [1.29, 1.82) is 0 Å². The van der Waals surface area contributed by atoms with Gasteiger partial charge < -0.3 is 16.2 Å². The van der Waals surface area contributed by atoms with Crippen LogP contribution < -0.4 is 16.2 Å². The zero-order valence-corrected chi connectivity index (χ0v) is 16.9. The van der Waals surface area contributed by atoms with Gasteiger partial charge in [0.1, 0.15) is 5.76 Å². The molecule has 2 aromatic heterocycles. The molecule has 0 saturated heterocycles. The average Bonchev–Trinajstić information content (AvgIpc) is 3.08. The third-order valence-corrected chi connectivity index (χ3v) is 5.45. The van der Waals surface area contributed by atoms with E-state index in [-0.39, 0.29) is 5.75 Å². The monoisotopic (exact) mass is 397 g/mol. The maximum absolute atomic E-state index is 14.2. The first-order chi connectivity index (χ1) is 13.5. The van der Waals surface area contributed by atoms with Crippen LogP contribution in [0.1, 0.15) is 37.1 Å². The topological polar surface area (TPSA) is 74.2 Å². The van der Waals surface area contributed by atoms with Crippen LogP contribution in [0.3, 0.4) is 0 Å². The summed E-state index contributed by atoms with van der Waals surface area (Å²) in [7, 11) is 0. The molecule has 0 unspecified atom stereocenters. The summed E-state index contributed by atoms with van der Waals surface area (Å²) in [5, 5.41) is 0. The molecule has 0 aliphatic carbocycles. The quantitative estimate of drug-likeness (QED) is 0.385. The van der Waals surface area contributed by atoms with E-state index in [0.29, 0.717) is 17.1 Å². The fourth-order valence-corrected chi connectivity index (χ4v) is 3.71. The number of hydrogen-bond acceptors (Lipinski definition) is 5. The van der Waals surface area contributed by atoms with Crippen LogP contribution >= 0.6 is 11.3 Å². The van der Waals surface area contributed by atoms with Crippen LogP contribution in [0.2, 0.25) is 0 Å². The Hall–Kier alpha value is -2.86. The van der Waals surface area contributed by atoms with Gasteiger partial charge in [-0.2, -0.15) is 0 Å². The van der Waals surface area contributed by atoms with E-state index in [0.717, 1.165) is 34.7 Å². The number of anilines is 2. The predicted octanol–water partition coefficient (Wildman–Crippen LogP) is 5.90. The molecule has 4 nitrogen and oxygen atoms in total. The maximum atomic E-state index is 14.2. The number of unbranched alkanes of at least 4 members (excludes halogenated alkanes) is 1. The molecule has 0 atom stereocenters. The van der Waals surface area contributed by atoms with E-state index in [1.54, 1.807) is 6.07 Å². The largest absolute Gasteiger partial charge is 0.453 e. The molecule has 0 radical (unpaired) electrons. The number of hydrogen-bond donors (Lipinski definition) is 2. The molecule has 4 N–H and O–H groups in total. The number of aromatic nitrogens is 1. The number of thiophene rings is 1. The Balaban J connectivity index is 1.95. The minimum absolute atomic E-state index is 0.122. The van der Waals surface area contributed by atoms with Crippen LogP contribution in [0.4, 0.5) is 15.8 Å². The van der Waals surface area contributed by atoms with E-state index in [2.05, 4.69) is 24.9 Å². The van der Waals surface area contributed by atoms with Crippen molar-refractivity contribution in [3.8, 4) is 16.3 Å². The van der Waals surface area contributed by atoms with E-state index in [4.69, 9.17) is 16.2 Å². The van der Waals surface area contributed by atoms with E-state index in [9.17, 15) is 4.39 Å². The Bertz CT molecular complexity index is 980. The van der Waals surface area contributed by atoms with Crippen molar-refractivity contribution in [2.45, 2.75) is 33.1 Å². The van der Waals surface area contributed by atoms with Gasteiger partial charge in [-0.05, 0) is 48.7 Å². The summed E-state index contributed by atoms with van der Waals surface area (Å²) >= 11 is 1.48. The lowest BCUT2D eigenvalue weighted by Crippen LogP contribution is -1.99. The number of rotatable bonds is 7. The molecule has 1 aromatic carbocycles. The lowest BCUT2D eigenvalue weighted by molar-refractivity contribution is 0.466. The van der Waals surface area contributed by atoms with Crippen molar-refractivity contribution in [3.63, 3.8) is 0 Å². The van der Waals surface area contributed by atoms with Crippen molar-refractivity contribution in [3.05, 3.63) is 64.9 Å². The van der Waals surface area contributed by atoms with Crippen molar-refractivity contribution in [1.82, 2.24) is 4.98 Å². The minimum Gasteiger partial charge on any atom is -0.453 e. The molecular formula is C22H24FN3OS. The summed E-state index contributed by atoms with van der Waals surface area (Å²) in [5.41, 5.74) is 14.9.